The normalized spacial score (nSPS) is 15.4. The fourth-order valence-corrected chi connectivity index (χ4v) is 3.98. The van der Waals surface area contributed by atoms with Gasteiger partial charge in [0, 0.05) is 18.2 Å². The predicted molar refractivity (Wildman–Crippen MR) is 116 cm³/mol. The Bertz CT molecular complexity index is 1100. The molecule has 0 bridgehead atoms. The Balaban J connectivity index is 1.71. The Kier molecular flexibility index (Phi) is 5.82. The lowest BCUT2D eigenvalue weighted by Crippen LogP contribution is -2.46. The molecule has 1 heterocycles. The minimum atomic E-state index is -0.447. The van der Waals surface area contributed by atoms with Crippen LogP contribution in [0.15, 0.2) is 60.7 Å². The van der Waals surface area contributed by atoms with E-state index in [1.54, 1.807) is 11.8 Å². The number of rotatable bonds is 5. The average Bonchev–Trinajstić information content (AvgIpc) is 2.79. The standard InChI is InChI=1S/C25H25NO5/c1-16-21(28)12-22(29)23(24(16)31-15-17-7-3-2-4-8-17)25(30)26-13-19-10-6-5-9-18(19)11-20(26)14-27/h2-10,12,20,27-29H,11,13-15H2,1H3. The molecular formula is C25H25NO5. The minimum absolute atomic E-state index is 0.0101. The van der Waals surface area contributed by atoms with Crippen molar-refractivity contribution < 1.29 is 24.9 Å². The zero-order valence-corrected chi connectivity index (χ0v) is 17.3. The van der Waals surface area contributed by atoms with Gasteiger partial charge in [0.25, 0.3) is 5.91 Å². The predicted octanol–water partition coefficient (Wildman–Crippen LogP) is 3.54. The lowest BCUT2D eigenvalue weighted by Gasteiger charge is -2.36. The Morgan fingerprint density at radius 2 is 1.71 bits per heavy atom. The van der Waals surface area contributed by atoms with Gasteiger partial charge in [-0.2, -0.15) is 0 Å². The first-order valence-electron chi connectivity index (χ1n) is 10.2. The van der Waals surface area contributed by atoms with Crippen LogP contribution in [0.2, 0.25) is 0 Å². The molecule has 0 aromatic heterocycles. The van der Waals surface area contributed by atoms with Crippen LogP contribution in [-0.4, -0.2) is 38.8 Å². The largest absolute Gasteiger partial charge is 0.507 e. The van der Waals surface area contributed by atoms with Crippen molar-refractivity contribution in [3.8, 4) is 17.2 Å². The lowest BCUT2D eigenvalue weighted by atomic mass is 9.93. The van der Waals surface area contributed by atoms with Crippen LogP contribution >= 0.6 is 0 Å². The molecule has 6 heteroatoms. The van der Waals surface area contributed by atoms with Gasteiger partial charge in [0.2, 0.25) is 0 Å². The molecule has 160 valence electrons. The molecule has 0 saturated carbocycles. The third-order valence-electron chi connectivity index (χ3n) is 5.75. The van der Waals surface area contributed by atoms with Gasteiger partial charge in [-0.05, 0) is 30.0 Å². The van der Waals surface area contributed by atoms with Gasteiger partial charge in [-0.3, -0.25) is 4.79 Å². The van der Waals surface area contributed by atoms with Gasteiger partial charge in [0.05, 0.1) is 12.6 Å². The molecule has 0 saturated heterocycles. The van der Waals surface area contributed by atoms with Crippen molar-refractivity contribution in [2.45, 2.75) is 32.5 Å². The van der Waals surface area contributed by atoms with Gasteiger partial charge in [-0.25, -0.2) is 0 Å². The first-order valence-corrected chi connectivity index (χ1v) is 10.2. The molecule has 1 aliphatic rings. The molecule has 1 amide bonds. The number of carbonyl (C=O) groups excluding carboxylic acids is 1. The van der Waals surface area contributed by atoms with Crippen molar-refractivity contribution >= 4 is 5.91 Å². The van der Waals surface area contributed by atoms with Gasteiger partial charge in [-0.15, -0.1) is 0 Å². The minimum Gasteiger partial charge on any atom is -0.507 e. The summed E-state index contributed by atoms with van der Waals surface area (Å²) in [5.41, 5.74) is 3.35. The quantitative estimate of drug-likeness (QED) is 0.589. The van der Waals surface area contributed by atoms with Crippen LogP contribution in [0.25, 0.3) is 0 Å². The number of hydrogen-bond acceptors (Lipinski definition) is 5. The molecule has 1 atom stereocenters. The average molecular weight is 419 g/mol. The van der Waals surface area contributed by atoms with E-state index in [4.69, 9.17) is 4.74 Å². The van der Waals surface area contributed by atoms with E-state index >= 15 is 0 Å². The van der Waals surface area contributed by atoms with Gasteiger partial charge < -0.3 is 25.0 Å². The molecule has 3 N–H and O–H groups in total. The molecule has 3 aromatic rings. The summed E-state index contributed by atoms with van der Waals surface area (Å²) >= 11 is 0. The van der Waals surface area contributed by atoms with Crippen molar-refractivity contribution in [2.24, 2.45) is 0 Å². The van der Waals surface area contributed by atoms with Crippen LogP contribution in [0.4, 0.5) is 0 Å². The number of amides is 1. The summed E-state index contributed by atoms with van der Waals surface area (Å²) in [4.78, 5) is 15.1. The van der Waals surface area contributed by atoms with E-state index in [0.29, 0.717) is 18.5 Å². The summed E-state index contributed by atoms with van der Waals surface area (Å²) in [6.45, 7) is 1.94. The Morgan fingerprint density at radius 3 is 2.42 bits per heavy atom. The van der Waals surface area contributed by atoms with Crippen molar-refractivity contribution in [2.75, 3.05) is 6.61 Å². The SMILES string of the molecule is Cc1c(O)cc(O)c(C(=O)N2Cc3ccccc3CC2CO)c1OCc1ccccc1. The number of carbonyl (C=O) groups is 1. The van der Waals surface area contributed by atoms with E-state index in [9.17, 15) is 20.1 Å². The topological polar surface area (TPSA) is 90.2 Å². The van der Waals surface area contributed by atoms with Crippen molar-refractivity contribution in [1.82, 2.24) is 4.90 Å². The fraction of sp³-hybridized carbons (Fsp3) is 0.240. The summed E-state index contributed by atoms with van der Waals surface area (Å²) in [7, 11) is 0. The number of aliphatic hydroxyl groups excluding tert-OH is 1. The third-order valence-corrected chi connectivity index (χ3v) is 5.75. The molecule has 6 nitrogen and oxygen atoms in total. The first kappa shape index (κ1) is 20.8. The molecule has 3 aromatic carbocycles. The highest BCUT2D eigenvalue weighted by atomic mass is 16.5. The van der Waals surface area contributed by atoms with E-state index in [1.807, 2.05) is 54.6 Å². The monoisotopic (exact) mass is 419 g/mol. The summed E-state index contributed by atoms with van der Waals surface area (Å²) < 4.78 is 5.94. The van der Waals surface area contributed by atoms with Crippen molar-refractivity contribution in [3.05, 3.63) is 88.5 Å². The summed E-state index contributed by atoms with van der Waals surface area (Å²) in [6, 6.07) is 18.0. The molecule has 0 radical (unpaired) electrons. The zero-order valence-electron chi connectivity index (χ0n) is 17.3. The fourth-order valence-electron chi connectivity index (χ4n) is 3.98. The number of nitrogens with zero attached hydrogens (tertiary/aromatic N) is 1. The molecule has 1 aliphatic heterocycles. The number of fused-ring (bicyclic) bond motifs is 1. The Hall–Kier alpha value is -3.51. The number of aromatic hydroxyl groups is 2. The number of benzene rings is 3. The van der Waals surface area contributed by atoms with E-state index in [1.165, 1.54) is 0 Å². The molecule has 1 unspecified atom stereocenters. The summed E-state index contributed by atoms with van der Waals surface area (Å²) in [5.74, 6) is -0.814. The Morgan fingerprint density at radius 1 is 1.03 bits per heavy atom. The van der Waals surface area contributed by atoms with E-state index in [2.05, 4.69) is 0 Å². The zero-order chi connectivity index (χ0) is 22.0. The van der Waals surface area contributed by atoms with Gasteiger partial charge >= 0.3 is 0 Å². The first-order chi connectivity index (χ1) is 15.0. The highest BCUT2D eigenvalue weighted by Crippen LogP contribution is 2.40. The molecular weight excluding hydrogens is 394 g/mol. The maximum absolute atomic E-state index is 13.6. The van der Waals surface area contributed by atoms with E-state index in [0.717, 1.165) is 22.8 Å². The highest BCUT2D eigenvalue weighted by molar-refractivity contribution is 6.00. The molecule has 0 aliphatic carbocycles. The maximum Gasteiger partial charge on any atom is 0.262 e. The molecule has 4 rings (SSSR count). The summed E-state index contributed by atoms with van der Waals surface area (Å²) in [6.07, 6.45) is 0.524. The number of ether oxygens (including phenoxy) is 1. The smallest absolute Gasteiger partial charge is 0.262 e. The van der Waals surface area contributed by atoms with Crippen molar-refractivity contribution in [1.29, 1.82) is 0 Å². The van der Waals surface area contributed by atoms with Crippen LogP contribution < -0.4 is 4.74 Å². The maximum atomic E-state index is 13.6. The molecule has 31 heavy (non-hydrogen) atoms. The molecule has 0 fully saturated rings. The van der Waals surface area contributed by atoms with E-state index < -0.39 is 11.9 Å². The van der Waals surface area contributed by atoms with Crippen molar-refractivity contribution in [3.63, 3.8) is 0 Å². The van der Waals surface area contributed by atoms with Gasteiger partial charge in [-0.1, -0.05) is 54.6 Å². The number of aliphatic hydroxyl groups is 1. The number of phenols is 2. The van der Waals surface area contributed by atoms with Crippen LogP contribution in [0.3, 0.4) is 0 Å². The third kappa shape index (κ3) is 4.07. The Labute approximate surface area is 181 Å². The van der Waals surface area contributed by atoms with Crippen LogP contribution in [-0.2, 0) is 19.6 Å². The van der Waals surface area contributed by atoms with Crippen LogP contribution in [0.1, 0.15) is 32.6 Å². The van der Waals surface area contributed by atoms with Crippen LogP contribution in [0, 0.1) is 6.92 Å². The second-order valence-electron chi connectivity index (χ2n) is 7.76. The summed E-state index contributed by atoms with van der Waals surface area (Å²) in [5, 5.41) is 30.8. The lowest BCUT2D eigenvalue weighted by molar-refractivity contribution is 0.0536. The second kappa shape index (κ2) is 8.70. The highest BCUT2D eigenvalue weighted by Gasteiger charge is 2.34. The van der Waals surface area contributed by atoms with E-state index in [-0.39, 0.29) is 36.0 Å². The number of hydrogen-bond donors (Lipinski definition) is 3. The number of phenolic OH excluding ortho intramolecular Hbond substituents is 2. The van der Waals surface area contributed by atoms with Crippen LogP contribution in [0.5, 0.6) is 17.2 Å². The van der Waals surface area contributed by atoms with Gasteiger partial charge in [0.15, 0.2) is 0 Å². The molecule has 0 spiro atoms. The second-order valence-corrected chi connectivity index (χ2v) is 7.76. The van der Waals surface area contributed by atoms with Gasteiger partial charge in [0.1, 0.15) is 29.4 Å².